The van der Waals surface area contributed by atoms with Gasteiger partial charge in [0.05, 0.1) is 19.3 Å². The van der Waals surface area contributed by atoms with Gasteiger partial charge in [-0.1, -0.05) is 35.9 Å². The molecule has 5 nitrogen and oxygen atoms in total. The molecule has 0 bridgehead atoms. The summed E-state index contributed by atoms with van der Waals surface area (Å²) < 4.78 is 20.3. The molecule has 174 valence electrons. The minimum absolute atomic E-state index is 0.0295. The summed E-state index contributed by atoms with van der Waals surface area (Å²) in [5.74, 6) is -0.915. The highest BCUT2D eigenvalue weighted by Crippen LogP contribution is 2.38. The van der Waals surface area contributed by atoms with E-state index in [4.69, 9.17) is 25.8 Å². The molecule has 1 atom stereocenters. The van der Waals surface area contributed by atoms with Crippen molar-refractivity contribution in [3.8, 4) is 22.3 Å². The van der Waals surface area contributed by atoms with Crippen LogP contribution in [0.4, 0.5) is 0 Å². The summed E-state index contributed by atoms with van der Waals surface area (Å²) in [6.45, 7) is 7.10. The van der Waals surface area contributed by atoms with Crippen LogP contribution in [0.25, 0.3) is 22.3 Å². The molecule has 33 heavy (non-hydrogen) atoms. The van der Waals surface area contributed by atoms with Gasteiger partial charge in [-0.2, -0.15) is 0 Å². The number of carbonyl (C=O) groups excluding carboxylic acids is 1. The Balaban J connectivity index is 1.80. The van der Waals surface area contributed by atoms with Crippen molar-refractivity contribution in [2.75, 3.05) is 13.2 Å². The normalized spacial score (nSPS) is 17.3. The zero-order valence-electron chi connectivity index (χ0n) is 18.9. The zero-order valence-corrected chi connectivity index (χ0v) is 21.9. The summed E-state index contributed by atoms with van der Waals surface area (Å²) in [6, 6.07) is 15.8. The van der Waals surface area contributed by atoms with Crippen molar-refractivity contribution in [2.45, 2.75) is 45.6 Å². The van der Waals surface area contributed by atoms with Gasteiger partial charge in [-0.15, -0.1) is 0 Å². The average Bonchev–Trinajstić information content (AvgIpc) is 3.33. The Hall–Kier alpha value is -1.87. The number of halogens is 2. The summed E-state index contributed by atoms with van der Waals surface area (Å²) in [5, 5.41) is 0.667. The van der Waals surface area contributed by atoms with Gasteiger partial charge in [0.2, 0.25) is 0 Å². The molecular formula is C26H27ClINO4. The van der Waals surface area contributed by atoms with Crippen LogP contribution in [0.1, 0.15) is 37.7 Å². The van der Waals surface area contributed by atoms with Crippen LogP contribution in [0.2, 0.25) is 5.02 Å². The van der Waals surface area contributed by atoms with Crippen LogP contribution in [0.3, 0.4) is 0 Å². The maximum atomic E-state index is 13.2. The van der Waals surface area contributed by atoms with Crippen molar-refractivity contribution >= 4 is 40.2 Å². The quantitative estimate of drug-likeness (QED) is 0.228. The van der Waals surface area contributed by atoms with Gasteiger partial charge in [0, 0.05) is 32.5 Å². The molecule has 0 unspecified atom stereocenters. The lowest BCUT2D eigenvalue weighted by atomic mass is 9.97. The van der Waals surface area contributed by atoms with Gasteiger partial charge in [0.25, 0.3) is 0 Å². The Morgan fingerprint density at radius 1 is 1.15 bits per heavy atom. The second-order valence-corrected chi connectivity index (χ2v) is 10.1. The Morgan fingerprint density at radius 3 is 2.42 bits per heavy atom. The molecule has 4 rings (SSSR count). The molecule has 2 aromatic carbocycles. The average molecular weight is 580 g/mol. The molecule has 1 aromatic heterocycles. The van der Waals surface area contributed by atoms with Gasteiger partial charge in [0.15, 0.2) is 5.79 Å². The third-order valence-electron chi connectivity index (χ3n) is 5.59. The number of aromatic nitrogens is 1. The van der Waals surface area contributed by atoms with E-state index in [0.717, 1.165) is 32.2 Å². The van der Waals surface area contributed by atoms with Crippen LogP contribution in [0.5, 0.6) is 0 Å². The fraction of sp³-hybridized carbons (Fsp3) is 0.346. The van der Waals surface area contributed by atoms with E-state index in [0.29, 0.717) is 30.5 Å². The number of rotatable bonds is 7. The van der Waals surface area contributed by atoms with E-state index >= 15 is 0 Å². The fourth-order valence-corrected chi connectivity index (χ4v) is 4.58. The molecular weight excluding hydrogens is 553 g/mol. The van der Waals surface area contributed by atoms with E-state index in [1.54, 1.807) is 0 Å². The Bertz CT molecular complexity index is 1120. The molecule has 0 N–H and O–H groups in total. The lowest BCUT2D eigenvalue weighted by Gasteiger charge is -2.17. The number of ether oxygens (including phenoxy) is 3. The number of aryl methyl sites for hydroxylation is 1. The van der Waals surface area contributed by atoms with Crippen LogP contribution >= 0.6 is 34.2 Å². The third kappa shape index (κ3) is 5.62. The molecule has 0 saturated carbocycles. The number of hydrogen-bond acceptors (Lipinski definition) is 4. The molecule has 2 heterocycles. The number of hydrogen-bond donors (Lipinski definition) is 0. The van der Waals surface area contributed by atoms with Crippen molar-refractivity contribution in [1.82, 2.24) is 4.57 Å². The Labute approximate surface area is 213 Å². The van der Waals surface area contributed by atoms with Crippen molar-refractivity contribution in [3.05, 3.63) is 69.0 Å². The summed E-state index contributed by atoms with van der Waals surface area (Å²) in [7, 11) is 0. The first-order valence-electron chi connectivity index (χ1n) is 11.0. The van der Waals surface area contributed by atoms with Gasteiger partial charge < -0.3 is 18.8 Å². The summed E-state index contributed by atoms with van der Waals surface area (Å²) >= 11 is 8.42. The van der Waals surface area contributed by atoms with Crippen LogP contribution in [-0.4, -0.2) is 35.6 Å². The monoisotopic (exact) mass is 579 g/mol. The first-order valence-corrected chi connectivity index (χ1v) is 12.5. The molecule has 3 aromatic rings. The van der Waals surface area contributed by atoms with Gasteiger partial charge in [0.1, 0.15) is 5.69 Å². The summed E-state index contributed by atoms with van der Waals surface area (Å²) in [4.78, 5) is 13.2. The van der Waals surface area contributed by atoms with Gasteiger partial charge in [-0.3, -0.25) is 0 Å². The molecule has 0 radical (unpaired) electrons. The number of esters is 1. The summed E-state index contributed by atoms with van der Waals surface area (Å²) in [5.41, 5.74) is 4.31. The van der Waals surface area contributed by atoms with E-state index in [-0.39, 0.29) is 12.1 Å². The summed E-state index contributed by atoms with van der Waals surface area (Å²) in [6.07, 6.45) is 2.72. The van der Waals surface area contributed by atoms with Crippen LogP contribution in [0, 0.1) is 3.57 Å². The van der Waals surface area contributed by atoms with E-state index in [9.17, 15) is 4.79 Å². The minimum Gasteiger partial charge on any atom is -0.461 e. The van der Waals surface area contributed by atoms with Gasteiger partial charge in [-0.25, -0.2) is 4.79 Å². The Morgan fingerprint density at radius 2 is 1.82 bits per heavy atom. The molecule has 0 spiro atoms. The van der Waals surface area contributed by atoms with E-state index in [1.807, 2.05) is 80.1 Å². The maximum absolute atomic E-state index is 13.2. The van der Waals surface area contributed by atoms with Crippen molar-refractivity contribution in [3.63, 3.8) is 0 Å². The van der Waals surface area contributed by atoms with Crippen molar-refractivity contribution in [1.29, 1.82) is 0 Å². The lowest BCUT2D eigenvalue weighted by molar-refractivity contribution is -0.139. The minimum atomic E-state index is -0.577. The highest BCUT2D eigenvalue weighted by molar-refractivity contribution is 14.1. The standard InChI is InChI=1S/C26H27ClINO4/c1-4-31-25(30)24-23(18-7-11-20(28)12-8-18)22(17-5-9-19(27)10-6-17)15-29(24)14-13-21-16-32-26(2,3)33-21/h5-12,15,21H,4,13-14,16H2,1-3H3/t21-/m0/s1. The number of nitrogens with zero attached hydrogens (tertiary/aromatic N) is 1. The molecule has 0 aliphatic carbocycles. The van der Waals surface area contributed by atoms with Crippen LogP contribution in [0.15, 0.2) is 54.7 Å². The van der Waals surface area contributed by atoms with E-state index in [2.05, 4.69) is 22.6 Å². The number of carbonyl (C=O) groups is 1. The fourth-order valence-electron chi connectivity index (χ4n) is 4.10. The topological polar surface area (TPSA) is 49.7 Å². The maximum Gasteiger partial charge on any atom is 0.355 e. The molecule has 0 amide bonds. The largest absolute Gasteiger partial charge is 0.461 e. The molecule has 1 aliphatic heterocycles. The van der Waals surface area contributed by atoms with Crippen molar-refractivity contribution in [2.24, 2.45) is 0 Å². The predicted molar refractivity (Wildman–Crippen MR) is 139 cm³/mol. The van der Waals surface area contributed by atoms with Gasteiger partial charge >= 0.3 is 5.97 Å². The highest BCUT2D eigenvalue weighted by atomic mass is 127. The predicted octanol–water partition coefficient (Wildman–Crippen LogP) is 6.80. The lowest BCUT2D eigenvalue weighted by Crippen LogP contribution is -2.22. The van der Waals surface area contributed by atoms with E-state index < -0.39 is 5.79 Å². The Kier molecular flexibility index (Phi) is 7.48. The second kappa shape index (κ2) is 10.2. The molecule has 1 fully saturated rings. The SMILES string of the molecule is CCOC(=O)c1c(-c2ccc(I)cc2)c(-c2ccc(Cl)cc2)cn1CC[C@H]1COC(C)(C)O1. The van der Waals surface area contributed by atoms with Crippen molar-refractivity contribution < 1.29 is 19.0 Å². The highest BCUT2D eigenvalue weighted by Gasteiger charge is 2.33. The molecule has 7 heteroatoms. The van der Waals surface area contributed by atoms with E-state index in [1.165, 1.54) is 0 Å². The zero-order chi connectivity index (χ0) is 23.6. The van der Waals surface area contributed by atoms with Gasteiger partial charge in [-0.05, 0) is 85.2 Å². The number of benzene rings is 2. The first-order chi connectivity index (χ1) is 15.8. The van der Waals surface area contributed by atoms with Crippen LogP contribution < -0.4 is 0 Å². The smallest absolute Gasteiger partial charge is 0.355 e. The molecule has 1 saturated heterocycles. The first kappa shape index (κ1) is 24.3. The van der Waals surface area contributed by atoms with Crippen LogP contribution in [-0.2, 0) is 20.8 Å². The second-order valence-electron chi connectivity index (χ2n) is 8.43. The molecule has 1 aliphatic rings. The third-order valence-corrected chi connectivity index (χ3v) is 6.57.